The molecule has 0 spiro atoms. The molecule has 130 valence electrons. The van der Waals surface area contributed by atoms with Crippen molar-refractivity contribution in [3.8, 4) is 0 Å². The molecule has 3 aromatic rings. The lowest BCUT2D eigenvalue weighted by Gasteiger charge is -2.15. The third-order valence-corrected chi connectivity index (χ3v) is 4.10. The van der Waals surface area contributed by atoms with Crippen LogP contribution in [-0.2, 0) is 6.42 Å². The van der Waals surface area contributed by atoms with E-state index in [0.717, 1.165) is 17.0 Å². The maximum absolute atomic E-state index is 12.6. The van der Waals surface area contributed by atoms with Crippen LogP contribution in [0.15, 0.2) is 30.7 Å². The van der Waals surface area contributed by atoms with Gasteiger partial charge < -0.3 is 5.32 Å². The van der Waals surface area contributed by atoms with Crippen molar-refractivity contribution in [3.63, 3.8) is 0 Å². The zero-order chi connectivity index (χ0) is 18.0. The van der Waals surface area contributed by atoms with Crippen molar-refractivity contribution in [3.05, 3.63) is 53.4 Å². The number of nitrogens with one attached hydrogen (secondary N) is 1. The van der Waals surface area contributed by atoms with Crippen LogP contribution in [0.4, 0.5) is 0 Å². The molecule has 3 aromatic heterocycles. The van der Waals surface area contributed by atoms with E-state index in [2.05, 4.69) is 25.4 Å². The van der Waals surface area contributed by atoms with Gasteiger partial charge in [0.1, 0.15) is 12.0 Å². The maximum Gasteiger partial charge on any atom is 0.270 e. The Labute approximate surface area is 146 Å². The summed E-state index contributed by atoms with van der Waals surface area (Å²) in [6.45, 7) is 8.08. The van der Waals surface area contributed by atoms with Gasteiger partial charge in [0.25, 0.3) is 11.7 Å². The number of amides is 1. The van der Waals surface area contributed by atoms with Crippen LogP contribution < -0.4 is 5.32 Å². The number of carbonyl (C=O) groups is 1. The minimum atomic E-state index is -0.214. The molecule has 0 saturated heterocycles. The first-order valence-corrected chi connectivity index (χ1v) is 8.37. The Kier molecular flexibility index (Phi) is 4.74. The summed E-state index contributed by atoms with van der Waals surface area (Å²) in [6.07, 6.45) is 3.89. The SMILES string of the molecule is Cc1cccnc1C[C@H](C)NC(=O)c1cc(C(C)C)n2ncnc2n1. The van der Waals surface area contributed by atoms with Crippen molar-refractivity contribution in [2.75, 3.05) is 0 Å². The molecule has 0 bridgehead atoms. The molecule has 25 heavy (non-hydrogen) atoms. The third-order valence-electron chi connectivity index (χ3n) is 4.10. The fourth-order valence-corrected chi connectivity index (χ4v) is 2.73. The molecular formula is C18H22N6O. The van der Waals surface area contributed by atoms with Crippen LogP contribution in [0.3, 0.4) is 0 Å². The largest absolute Gasteiger partial charge is 0.348 e. The van der Waals surface area contributed by atoms with Gasteiger partial charge in [0, 0.05) is 24.4 Å². The summed E-state index contributed by atoms with van der Waals surface area (Å²) in [4.78, 5) is 25.4. The Morgan fingerprint density at radius 1 is 1.28 bits per heavy atom. The summed E-state index contributed by atoms with van der Waals surface area (Å²) >= 11 is 0. The van der Waals surface area contributed by atoms with Crippen molar-refractivity contribution in [1.82, 2.24) is 29.9 Å². The summed E-state index contributed by atoms with van der Waals surface area (Å²) in [6, 6.07) is 5.65. The molecule has 0 aliphatic carbocycles. The van der Waals surface area contributed by atoms with E-state index >= 15 is 0 Å². The lowest BCUT2D eigenvalue weighted by atomic mass is 10.1. The van der Waals surface area contributed by atoms with Crippen LogP contribution >= 0.6 is 0 Å². The molecule has 0 saturated carbocycles. The fourth-order valence-electron chi connectivity index (χ4n) is 2.73. The van der Waals surface area contributed by atoms with E-state index in [1.54, 1.807) is 16.8 Å². The first-order valence-electron chi connectivity index (χ1n) is 8.37. The first kappa shape index (κ1) is 17.0. The normalized spacial score (nSPS) is 12.5. The van der Waals surface area contributed by atoms with Crippen LogP contribution in [0, 0.1) is 6.92 Å². The highest BCUT2D eigenvalue weighted by molar-refractivity contribution is 5.93. The minimum Gasteiger partial charge on any atom is -0.348 e. The molecule has 1 atom stereocenters. The Morgan fingerprint density at radius 2 is 2.08 bits per heavy atom. The van der Waals surface area contributed by atoms with E-state index in [1.165, 1.54) is 6.33 Å². The number of nitrogens with zero attached hydrogens (tertiary/aromatic N) is 5. The molecule has 3 heterocycles. The third kappa shape index (κ3) is 3.65. The highest BCUT2D eigenvalue weighted by Crippen LogP contribution is 2.16. The van der Waals surface area contributed by atoms with Gasteiger partial charge in [-0.1, -0.05) is 19.9 Å². The van der Waals surface area contributed by atoms with E-state index in [-0.39, 0.29) is 17.9 Å². The van der Waals surface area contributed by atoms with Crippen LogP contribution in [0.25, 0.3) is 5.78 Å². The molecule has 7 heteroatoms. The van der Waals surface area contributed by atoms with Crippen LogP contribution in [0.2, 0.25) is 0 Å². The monoisotopic (exact) mass is 338 g/mol. The number of fused-ring (bicyclic) bond motifs is 1. The predicted octanol–water partition coefficient (Wildman–Crippen LogP) is 2.31. The van der Waals surface area contributed by atoms with Crippen molar-refractivity contribution in [1.29, 1.82) is 0 Å². The molecule has 0 radical (unpaired) electrons. The standard InChI is InChI=1S/C18H22N6O/c1-11(2)16-9-15(23-18-20-10-21-24(16)18)17(25)22-13(4)8-14-12(3)6-5-7-19-14/h5-7,9-11,13H,8H2,1-4H3,(H,22,25)/t13-/m0/s1. The van der Waals surface area contributed by atoms with Gasteiger partial charge in [-0.2, -0.15) is 10.1 Å². The zero-order valence-corrected chi connectivity index (χ0v) is 14.9. The number of hydrogen-bond acceptors (Lipinski definition) is 5. The highest BCUT2D eigenvalue weighted by Gasteiger charge is 2.17. The topological polar surface area (TPSA) is 85.1 Å². The van der Waals surface area contributed by atoms with Gasteiger partial charge in [0.2, 0.25) is 0 Å². The predicted molar refractivity (Wildman–Crippen MR) is 94.5 cm³/mol. The van der Waals surface area contributed by atoms with Crippen molar-refractivity contribution in [2.24, 2.45) is 0 Å². The van der Waals surface area contributed by atoms with Gasteiger partial charge in [-0.3, -0.25) is 9.78 Å². The smallest absolute Gasteiger partial charge is 0.270 e. The summed E-state index contributed by atoms with van der Waals surface area (Å²) in [7, 11) is 0. The number of aryl methyl sites for hydroxylation is 1. The molecule has 1 N–H and O–H groups in total. The number of hydrogen-bond donors (Lipinski definition) is 1. The van der Waals surface area contributed by atoms with Crippen LogP contribution in [0.5, 0.6) is 0 Å². The van der Waals surface area contributed by atoms with Gasteiger partial charge in [0.05, 0.1) is 5.69 Å². The highest BCUT2D eigenvalue weighted by atomic mass is 16.1. The van der Waals surface area contributed by atoms with Crippen molar-refractivity contribution < 1.29 is 4.79 Å². The minimum absolute atomic E-state index is 0.0560. The lowest BCUT2D eigenvalue weighted by molar-refractivity contribution is 0.0934. The Hall–Kier alpha value is -2.83. The molecule has 0 unspecified atom stereocenters. The van der Waals surface area contributed by atoms with E-state index in [4.69, 9.17) is 0 Å². The van der Waals surface area contributed by atoms with Gasteiger partial charge in [-0.15, -0.1) is 0 Å². The molecule has 1 amide bonds. The van der Waals surface area contributed by atoms with Gasteiger partial charge in [0.15, 0.2) is 0 Å². The molecule has 3 rings (SSSR count). The lowest BCUT2D eigenvalue weighted by Crippen LogP contribution is -2.35. The second kappa shape index (κ2) is 6.96. The fraction of sp³-hybridized carbons (Fsp3) is 0.389. The Morgan fingerprint density at radius 3 is 2.80 bits per heavy atom. The van der Waals surface area contributed by atoms with E-state index in [9.17, 15) is 4.79 Å². The van der Waals surface area contributed by atoms with E-state index in [0.29, 0.717) is 17.9 Å². The quantitative estimate of drug-likeness (QED) is 0.771. The molecular weight excluding hydrogens is 316 g/mol. The Balaban J connectivity index is 1.79. The summed E-state index contributed by atoms with van der Waals surface area (Å²) in [5.74, 6) is 0.422. The second-order valence-corrected chi connectivity index (χ2v) is 6.54. The number of aromatic nitrogens is 5. The molecule has 0 fully saturated rings. The molecule has 7 nitrogen and oxygen atoms in total. The van der Waals surface area contributed by atoms with Crippen molar-refractivity contribution in [2.45, 2.75) is 46.1 Å². The number of rotatable bonds is 5. The Bertz CT molecular complexity index is 901. The number of carbonyl (C=O) groups excluding carboxylic acids is 1. The van der Waals surface area contributed by atoms with Gasteiger partial charge in [-0.25, -0.2) is 9.50 Å². The van der Waals surface area contributed by atoms with Gasteiger partial charge >= 0.3 is 0 Å². The zero-order valence-electron chi connectivity index (χ0n) is 14.9. The second-order valence-electron chi connectivity index (χ2n) is 6.54. The van der Waals surface area contributed by atoms with E-state index < -0.39 is 0 Å². The van der Waals surface area contributed by atoms with Gasteiger partial charge in [-0.05, 0) is 37.5 Å². The molecule has 0 aliphatic heterocycles. The molecule has 0 aromatic carbocycles. The summed E-state index contributed by atoms with van der Waals surface area (Å²) in [5.41, 5.74) is 3.36. The van der Waals surface area contributed by atoms with Crippen LogP contribution in [0.1, 0.15) is 54.1 Å². The average Bonchev–Trinajstić information content (AvgIpc) is 3.04. The first-order chi connectivity index (χ1) is 12.0. The summed E-state index contributed by atoms with van der Waals surface area (Å²) in [5, 5.41) is 7.17. The molecule has 0 aliphatic rings. The number of pyridine rings is 1. The maximum atomic E-state index is 12.6. The average molecular weight is 338 g/mol. The summed E-state index contributed by atoms with van der Waals surface area (Å²) < 4.78 is 1.67. The van der Waals surface area contributed by atoms with Crippen LogP contribution in [-0.4, -0.2) is 36.5 Å². The van der Waals surface area contributed by atoms with Crippen molar-refractivity contribution >= 4 is 11.7 Å². The van der Waals surface area contributed by atoms with E-state index in [1.807, 2.05) is 39.8 Å².